The van der Waals surface area contributed by atoms with Crippen molar-refractivity contribution in [2.24, 2.45) is 5.73 Å². The number of amides is 4. The molecule has 0 spiro atoms. The summed E-state index contributed by atoms with van der Waals surface area (Å²) < 4.78 is 10.1. The molecule has 236 valence electrons. The van der Waals surface area contributed by atoms with Gasteiger partial charge < -0.3 is 36.3 Å². The van der Waals surface area contributed by atoms with Gasteiger partial charge >= 0.3 is 18.0 Å². The van der Waals surface area contributed by atoms with Gasteiger partial charge in [0.05, 0.1) is 6.61 Å². The van der Waals surface area contributed by atoms with E-state index in [1.54, 1.807) is 67.6 Å². The second-order valence-corrected chi connectivity index (χ2v) is 9.67. The number of carboxylic acids is 1. The Balaban J connectivity index is 2.22. The number of carbonyl (C=O) groups is 6. The lowest BCUT2D eigenvalue weighted by Crippen LogP contribution is -2.55. The molecule has 13 heteroatoms. The second kappa shape index (κ2) is 19.1. The minimum absolute atomic E-state index is 0.0344. The summed E-state index contributed by atoms with van der Waals surface area (Å²) in [7, 11) is 0. The third-order valence-electron chi connectivity index (χ3n) is 6.16. The number of primary amides is 1. The van der Waals surface area contributed by atoms with Gasteiger partial charge in [-0.05, 0) is 30.9 Å². The maximum atomic E-state index is 13.5. The molecule has 0 fully saturated rings. The van der Waals surface area contributed by atoms with Crippen LogP contribution in [0.4, 0.5) is 4.79 Å². The van der Waals surface area contributed by atoms with E-state index in [9.17, 15) is 33.9 Å². The van der Waals surface area contributed by atoms with Crippen molar-refractivity contribution in [1.29, 1.82) is 0 Å². The van der Waals surface area contributed by atoms with Crippen molar-refractivity contribution in [1.82, 2.24) is 16.0 Å². The highest BCUT2D eigenvalue weighted by molar-refractivity contribution is 5.92. The fraction of sp³-hybridized carbons (Fsp3) is 0.355. The van der Waals surface area contributed by atoms with Crippen LogP contribution in [0.2, 0.25) is 0 Å². The van der Waals surface area contributed by atoms with Crippen LogP contribution in [0.5, 0.6) is 0 Å². The van der Waals surface area contributed by atoms with Crippen LogP contribution in [0.1, 0.15) is 43.7 Å². The molecule has 13 nitrogen and oxygen atoms in total. The molecule has 0 saturated carbocycles. The van der Waals surface area contributed by atoms with Crippen molar-refractivity contribution in [3.05, 3.63) is 83.9 Å². The highest BCUT2D eigenvalue weighted by atomic mass is 16.5. The van der Waals surface area contributed by atoms with E-state index in [1.165, 1.54) is 6.08 Å². The number of ether oxygens (including phenoxy) is 2. The van der Waals surface area contributed by atoms with Crippen LogP contribution in [-0.2, 0) is 46.5 Å². The van der Waals surface area contributed by atoms with Gasteiger partial charge in [0.25, 0.3) is 0 Å². The van der Waals surface area contributed by atoms with Gasteiger partial charge in [-0.2, -0.15) is 0 Å². The third-order valence-corrected chi connectivity index (χ3v) is 6.16. The van der Waals surface area contributed by atoms with E-state index in [1.807, 2.05) is 0 Å². The molecule has 0 aromatic heterocycles. The van der Waals surface area contributed by atoms with Crippen molar-refractivity contribution in [3.63, 3.8) is 0 Å². The number of aliphatic carboxylic acids is 1. The molecule has 0 aliphatic heterocycles. The number of hydrogen-bond acceptors (Lipinski definition) is 8. The monoisotopic (exact) mass is 610 g/mol. The zero-order valence-corrected chi connectivity index (χ0v) is 24.4. The number of rotatable bonds is 18. The summed E-state index contributed by atoms with van der Waals surface area (Å²) >= 11 is 0. The maximum absolute atomic E-state index is 13.5. The molecule has 2 aromatic rings. The molecule has 6 N–H and O–H groups in total. The Hall–Kier alpha value is -5.20. The summed E-state index contributed by atoms with van der Waals surface area (Å²) in [5.41, 5.74) is 6.67. The van der Waals surface area contributed by atoms with Crippen LogP contribution in [0.15, 0.2) is 72.8 Å². The number of nitrogens with two attached hydrogens (primary N) is 1. The summed E-state index contributed by atoms with van der Waals surface area (Å²) in [5, 5.41) is 16.9. The lowest BCUT2D eigenvalue weighted by Gasteiger charge is -2.24. The number of carboxylic acid groups (broad SMARTS) is 1. The highest BCUT2D eigenvalue weighted by Crippen LogP contribution is 2.08. The van der Waals surface area contributed by atoms with Crippen LogP contribution >= 0.6 is 0 Å². The van der Waals surface area contributed by atoms with Crippen molar-refractivity contribution in [2.75, 3.05) is 6.61 Å². The minimum Gasteiger partial charge on any atom is -0.481 e. The molecule has 44 heavy (non-hydrogen) atoms. The highest BCUT2D eigenvalue weighted by Gasteiger charge is 2.29. The fourth-order valence-corrected chi connectivity index (χ4v) is 3.96. The Labute approximate surface area is 255 Å². The zero-order valence-electron chi connectivity index (χ0n) is 24.4. The SMILES string of the molecule is CCOC(=O)/C=C/[C@H](CCC(N)=O)NC(=O)[C@H](Cc1ccccc1)NC(=O)[C@H](CCC(=O)O)NC(=O)OCc1ccccc1. The second-order valence-electron chi connectivity index (χ2n) is 9.67. The Bertz CT molecular complexity index is 1290. The standard InChI is InChI=1S/C31H38N4O9/c1-2-43-28(39)18-14-23(13-16-26(32)36)33-30(41)25(19-21-9-5-3-6-10-21)34-29(40)24(15-17-27(37)38)35-31(42)44-20-22-11-7-4-8-12-22/h3-12,14,18,23-25H,2,13,15-17,19-20H2,1H3,(H2,32,36)(H,33,41)(H,34,40)(H,35,42)(H,37,38)/b18-14+/t23-,24-,25-/m0/s1. The van der Waals surface area contributed by atoms with E-state index < -0.39 is 60.3 Å². The molecule has 4 amide bonds. The van der Waals surface area contributed by atoms with E-state index in [0.717, 1.165) is 6.08 Å². The van der Waals surface area contributed by atoms with E-state index >= 15 is 0 Å². The first-order chi connectivity index (χ1) is 21.1. The largest absolute Gasteiger partial charge is 0.481 e. The van der Waals surface area contributed by atoms with Gasteiger partial charge in [0, 0.05) is 31.4 Å². The number of carbonyl (C=O) groups excluding carboxylic acids is 5. The van der Waals surface area contributed by atoms with Crippen LogP contribution in [0.25, 0.3) is 0 Å². The molecule has 2 aromatic carbocycles. The molecule has 3 atom stereocenters. The number of hydrogen-bond donors (Lipinski definition) is 5. The van der Waals surface area contributed by atoms with Crippen LogP contribution < -0.4 is 21.7 Å². The Kier molecular flexibility index (Phi) is 15.2. The molecular formula is C31H38N4O9. The Morgan fingerprint density at radius 3 is 2.00 bits per heavy atom. The first kappa shape index (κ1) is 35.0. The minimum atomic E-state index is -1.34. The summed E-state index contributed by atoms with van der Waals surface area (Å²) in [6.07, 6.45) is 0.823. The van der Waals surface area contributed by atoms with Crippen molar-refractivity contribution < 1.29 is 43.3 Å². The van der Waals surface area contributed by atoms with Crippen LogP contribution in [-0.4, -0.2) is 65.6 Å². The summed E-state index contributed by atoms with van der Waals surface area (Å²) in [6.45, 7) is 1.70. The van der Waals surface area contributed by atoms with Gasteiger partial charge in [-0.3, -0.25) is 19.2 Å². The number of benzene rings is 2. The maximum Gasteiger partial charge on any atom is 0.408 e. The lowest BCUT2D eigenvalue weighted by molar-refractivity contribution is -0.138. The summed E-state index contributed by atoms with van der Waals surface area (Å²) in [6, 6.07) is 14.3. The van der Waals surface area contributed by atoms with Crippen molar-refractivity contribution in [3.8, 4) is 0 Å². The van der Waals surface area contributed by atoms with Crippen molar-refractivity contribution in [2.45, 2.75) is 63.8 Å². The molecule has 0 aliphatic rings. The molecule has 0 heterocycles. The van der Waals surface area contributed by atoms with Crippen LogP contribution in [0, 0.1) is 0 Å². The van der Waals surface area contributed by atoms with Gasteiger partial charge in [-0.1, -0.05) is 66.7 Å². The third kappa shape index (κ3) is 14.1. The number of alkyl carbamates (subject to hydrolysis) is 1. The average Bonchev–Trinajstić information content (AvgIpc) is 3.00. The summed E-state index contributed by atoms with van der Waals surface area (Å²) in [4.78, 5) is 73.9. The molecule has 0 saturated heterocycles. The molecule has 2 rings (SSSR count). The van der Waals surface area contributed by atoms with Gasteiger partial charge in [-0.15, -0.1) is 0 Å². The first-order valence-electron chi connectivity index (χ1n) is 14.0. The van der Waals surface area contributed by atoms with E-state index in [2.05, 4.69) is 16.0 Å². The average molecular weight is 611 g/mol. The first-order valence-corrected chi connectivity index (χ1v) is 14.0. The van der Waals surface area contributed by atoms with E-state index in [0.29, 0.717) is 11.1 Å². The van der Waals surface area contributed by atoms with Crippen molar-refractivity contribution >= 4 is 35.8 Å². The van der Waals surface area contributed by atoms with Gasteiger partial charge in [0.2, 0.25) is 17.7 Å². The zero-order chi connectivity index (χ0) is 32.3. The molecule has 0 radical (unpaired) electrons. The predicted molar refractivity (Wildman–Crippen MR) is 159 cm³/mol. The Morgan fingerprint density at radius 2 is 1.41 bits per heavy atom. The van der Waals surface area contributed by atoms with E-state index in [-0.39, 0.29) is 38.9 Å². The lowest BCUT2D eigenvalue weighted by atomic mass is 10.0. The molecule has 0 aliphatic carbocycles. The molecular weight excluding hydrogens is 572 g/mol. The predicted octanol–water partition coefficient (Wildman–Crippen LogP) is 1.74. The smallest absolute Gasteiger partial charge is 0.408 e. The number of nitrogens with one attached hydrogen (secondary N) is 3. The van der Waals surface area contributed by atoms with E-state index in [4.69, 9.17) is 15.2 Å². The Morgan fingerprint density at radius 1 is 0.795 bits per heavy atom. The number of esters is 1. The summed E-state index contributed by atoms with van der Waals surface area (Å²) in [5.74, 6) is -3.92. The quantitative estimate of drug-likeness (QED) is 0.123. The van der Waals surface area contributed by atoms with Gasteiger partial charge in [0.15, 0.2) is 0 Å². The fourth-order valence-electron chi connectivity index (χ4n) is 3.96. The molecule has 0 unspecified atom stereocenters. The van der Waals surface area contributed by atoms with Crippen LogP contribution in [0.3, 0.4) is 0 Å². The topological polar surface area (TPSA) is 203 Å². The van der Waals surface area contributed by atoms with Gasteiger partial charge in [0.1, 0.15) is 18.7 Å². The normalized spacial score (nSPS) is 12.8. The molecule has 0 bridgehead atoms. The van der Waals surface area contributed by atoms with Gasteiger partial charge in [-0.25, -0.2) is 9.59 Å².